The summed E-state index contributed by atoms with van der Waals surface area (Å²) in [5.74, 6) is -0.138. The van der Waals surface area contributed by atoms with Gasteiger partial charge in [-0.2, -0.15) is 13.2 Å². The number of anilines is 2. The van der Waals surface area contributed by atoms with Gasteiger partial charge in [-0.1, -0.05) is 15.9 Å². The first-order valence-corrected chi connectivity index (χ1v) is 10.1. The van der Waals surface area contributed by atoms with Gasteiger partial charge in [0.05, 0.1) is 29.6 Å². The fourth-order valence-corrected chi connectivity index (χ4v) is 4.15. The van der Waals surface area contributed by atoms with Crippen LogP contribution in [0.4, 0.5) is 24.5 Å². The lowest BCUT2D eigenvalue weighted by Gasteiger charge is -2.31. The number of amides is 1. The molecule has 2 aromatic rings. The molecule has 0 saturated carbocycles. The Hall–Kier alpha value is -2.22. The molecule has 8 heteroatoms. The summed E-state index contributed by atoms with van der Waals surface area (Å²) in [5.41, 5.74) is 0.933. The number of alkyl halides is 3. The number of hydrogen-bond donors (Lipinski definition) is 1. The molecule has 0 aliphatic carbocycles. The van der Waals surface area contributed by atoms with Gasteiger partial charge in [-0.25, -0.2) is 0 Å². The largest absolute Gasteiger partial charge is 0.496 e. The van der Waals surface area contributed by atoms with E-state index >= 15 is 0 Å². The molecule has 156 valence electrons. The van der Waals surface area contributed by atoms with E-state index in [4.69, 9.17) is 4.74 Å². The SMILES string of the molecule is COc1c(C)cc(Br)cc1C(=O)Nc1cc(C(F)(F)F)ccc1N1CCCCC1. The van der Waals surface area contributed by atoms with Gasteiger partial charge in [0.1, 0.15) is 5.75 Å². The van der Waals surface area contributed by atoms with Crippen molar-refractivity contribution in [3.05, 3.63) is 51.5 Å². The maximum absolute atomic E-state index is 13.3. The van der Waals surface area contributed by atoms with Crippen LogP contribution in [0.25, 0.3) is 0 Å². The van der Waals surface area contributed by atoms with Crippen LogP contribution in [0.2, 0.25) is 0 Å². The number of carbonyl (C=O) groups excluding carboxylic acids is 1. The molecule has 0 aromatic heterocycles. The van der Waals surface area contributed by atoms with Crippen molar-refractivity contribution in [3.63, 3.8) is 0 Å². The van der Waals surface area contributed by atoms with Gasteiger partial charge < -0.3 is 15.0 Å². The molecule has 1 saturated heterocycles. The first-order chi connectivity index (χ1) is 13.7. The van der Waals surface area contributed by atoms with Gasteiger partial charge >= 0.3 is 6.18 Å². The van der Waals surface area contributed by atoms with E-state index in [0.29, 0.717) is 15.9 Å². The summed E-state index contributed by atoms with van der Waals surface area (Å²) in [4.78, 5) is 15.0. The van der Waals surface area contributed by atoms with Gasteiger partial charge in [0.15, 0.2) is 0 Å². The van der Waals surface area contributed by atoms with Gasteiger partial charge in [0.2, 0.25) is 0 Å². The average Bonchev–Trinajstić information content (AvgIpc) is 2.67. The van der Waals surface area contributed by atoms with Crippen molar-refractivity contribution in [1.29, 1.82) is 0 Å². The zero-order valence-corrected chi connectivity index (χ0v) is 17.8. The molecule has 0 bridgehead atoms. The van der Waals surface area contributed by atoms with Gasteiger partial charge in [0, 0.05) is 17.6 Å². The fourth-order valence-electron chi connectivity index (χ4n) is 3.58. The van der Waals surface area contributed by atoms with Gasteiger partial charge in [-0.3, -0.25) is 4.79 Å². The molecule has 1 heterocycles. The zero-order valence-electron chi connectivity index (χ0n) is 16.2. The summed E-state index contributed by atoms with van der Waals surface area (Å²) >= 11 is 3.35. The number of nitrogens with zero attached hydrogens (tertiary/aromatic N) is 1. The molecule has 3 rings (SSSR count). The molecule has 2 aromatic carbocycles. The Morgan fingerprint density at radius 2 is 1.83 bits per heavy atom. The average molecular weight is 471 g/mol. The Labute approximate surface area is 176 Å². The maximum atomic E-state index is 13.3. The highest BCUT2D eigenvalue weighted by atomic mass is 79.9. The van der Waals surface area contributed by atoms with E-state index in [1.165, 1.54) is 13.2 Å². The molecule has 29 heavy (non-hydrogen) atoms. The number of hydrogen-bond acceptors (Lipinski definition) is 3. The second-order valence-electron chi connectivity index (χ2n) is 7.04. The number of aryl methyl sites for hydroxylation is 1. The van der Waals surface area contributed by atoms with E-state index in [-0.39, 0.29) is 11.3 Å². The molecule has 4 nitrogen and oxygen atoms in total. The van der Waals surface area contributed by atoms with Crippen molar-refractivity contribution in [1.82, 2.24) is 0 Å². The topological polar surface area (TPSA) is 41.6 Å². The molecule has 1 aliphatic rings. The van der Waals surface area contributed by atoms with Crippen LogP contribution < -0.4 is 15.0 Å². The Bertz CT molecular complexity index is 910. The number of carbonyl (C=O) groups is 1. The highest BCUT2D eigenvalue weighted by Crippen LogP contribution is 2.37. The predicted molar refractivity (Wildman–Crippen MR) is 111 cm³/mol. The van der Waals surface area contributed by atoms with Crippen molar-refractivity contribution in [2.24, 2.45) is 0 Å². The zero-order chi connectivity index (χ0) is 21.2. The molecule has 0 spiro atoms. The van der Waals surface area contributed by atoms with Crippen molar-refractivity contribution in [3.8, 4) is 5.75 Å². The van der Waals surface area contributed by atoms with Crippen molar-refractivity contribution in [2.75, 3.05) is 30.4 Å². The minimum absolute atomic E-state index is 0.145. The van der Waals surface area contributed by atoms with Crippen LogP contribution in [0, 0.1) is 6.92 Å². The van der Waals surface area contributed by atoms with Crippen LogP contribution in [0.5, 0.6) is 5.75 Å². The van der Waals surface area contributed by atoms with E-state index in [9.17, 15) is 18.0 Å². The molecule has 0 atom stereocenters. The lowest BCUT2D eigenvalue weighted by atomic mass is 10.1. The Morgan fingerprint density at radius 3 is 2.45 bits per heavy atom. The monoisotopic (exact) mass is 470 g/mol. The minimum Gasteiger partial charge on any atom is -0.496 e. The van der Waals surface area contributed by atoms with Crippen molar-refractivity contribution >= 4 is 33.2 Å². The number of benzene rings is 2. The van der Waals surface area contributed by atoms with Crippen LogP contribution in [0.15, 0.2) is 34.8 Å². The summed E-state index contributed by atoms with van der Waals surface area (Å²) < 4.78 is 45.8. The second-order valence-corrected chi connectivity index (χ2v) is 7.95. The molecule has 1 N–H and O–H groups in total. The molecule has 0 unspecified atom stereocenters. The summed E-state index contributed by atoms with van der Waals surface area (Å²) in [6.07, 6.45) is -1.47. The standard InChI is InChI=1S/C21H22BrF3N2O2/c1-13-10-15(22)12-16(19(13)29-2)20(28)26-17-11-14(21(23,24)25)6-7-18(17)27-8-4-3-5-9-27/h6-7,10-12H,3-5,8-9H2,1-2H3,(H,26,28). The van der Waals surface area contributed by atoms with E-state index in [0.717, 1.165) is 50.0 Å². The molecule has 1 fully saturated rings. The molecular weight excluding hydrogens is 449 g/mol. The maximum Gasteiger partial charge on any atom is 0.416 e. The van der Waals surface area contributed by atoms with Crippen LogP contribution in [-0.4, -0.2) is 26.1 Å². The number of piperidine rings is 1. The Balaban J connectivity index is 2.01. The van der Waals surface area contributed by atoms with Crippen molar-refractivity contribution < 1.29 is 22.7 Å². The first kappa shape index (κ1) is 21.5. The Morgan fingerprint density at radius 1 is 1.14 bits per heavy atom. The highest BCUT2D eigenvalue weighted by Gasteiger charge is 2.32. The van der Waals surface area contributed by atoms with E-state index in [1.807, 2.05) is 4.90 Å². The first-order valence-electron chi connectivity index (χ1n) is 9.32. The van der Waals surface area contributed by atoms with Crippen LogP contribution in [0.1, 0.15) is 40.7 Å². The van der Waals surface area contributed by atoms with Crippen molar-refractivity contribution in [2.45, 2.75) is 32.4 Å². The van der Waals surface area contributed by atoms with E-state index < -0.39 is 17.6 Å². The number of nitrogens with one attached hydrogen (secondary N) is 1. The highest BCUT2D eigenvalue weighted by molar-refractivity contribution is 9.10. The summed E-state index contributed by atoms with van der Waals surface area (Å²) in [5, 5.41) is 2.68. The van der Waals surface area contributed by atoms with Gasteiger partial charge in [-0.15, -0.1) is 0 Å². The summed E-state index contributed by atoms with van der Waals surface area (Å²) in [6.45, 7) is 3.28. The van der Waals surface area contributed by atoms with E-state index in [2.05, 4.69) is 21.2 Å². The lowest BCUT2D eigenvalue weighted by molar-refractivity contribution is -0.137. The number of ether oxygens (including phenoxy) is 1. The predicted octanol–water partition coefficient (Wildman–Crippen LogP) is 6.03. The number of halogens is 4. The molecule has 1 amide bonds. The molecular formula is C21H22BrF3N2O2. The number of rotatable bonds is 4. The third-order valence-corrected chi connectivity index (χ3v) is 5.41. The van der Waals surface area contributed by atoms with Gasteiger partial charge in [0.25, 0.3) is 5.91 Å². The van der Waals surface area contributed by atoms with Crippen LogP contribution in [-0.2, 0) is 6.18 Å². The van der Waals surface area contributed by atoms with E-state index in [1.54, 1.807) is 19.1 Å². The molecule has 0 radical (unpaired) electrons. The normalized spacial score (nSPS) is 14.6. The number of methoxy groups -OCH3 is 1. The lowest BCUT2D eigenvalue weighted by Crippen LogP contribution is -2.30. The summed E-state index contributed by atoms with van der Waals surface area (Å²) in [6, 6.07) is 6.89. The quantitative estimate of drug-likeness (QED) is 0.593. The Kier molecular flexibility index (Phi) is 6.41. The molecule has 1 aliphatic heterocycles. The van der Waals surface area contributed by atoms with Gasteiger partial charge in [-0.05, 0) is 62.1 Å². The minimum atomic E-state index is -4.50. The third-order valence-electron chi connectivity index (χ3n) is 4.96. The second kappa shape index (κ2) is 8.65. The van der Waals surface area contributed by atoms with Crippen LogP contribution in [0.3, 0.4) is 0 Å². The smallest absolute Gasteiger partial charge is 0.416 e. The van der Waals surface area contributed by atoms with Crippen LogP contribution >= 0.6 is 15.9 Å². The third kappa shape index (κ3) is 4.86. The summed E-state index contributed by atoms with van der Waals surface area (Å²) in [7, 11) is 1.45. The fraction of sp³-hybridized carbons (Fsp3) is 0.381.